The predicted octanol–water partition coefficient (Wildman–Crippen LogP) is 4.43. The fourth-order valence-corrected chi connectivity index (χ4v) is 4.51. The lowest BCUT2D eigenvalue weighted by molar-refractivity contribution is -0.122. The van der Waals surface area contributed by atoms with Crippen LogP contribution in [0, 0.1) is 0 Å². The number of benzene rings is 3. The summed E-state index contributed by atoms with van der Waals surface area (Å²) in [6, 6.07) is 19.0. The van der Waals surface area contributed by atoms with E-state index in [1.54, 1.807) is 21.3 Å². The normalized spacial score (nSPS) is 11.7. The Hall–Kier alpha value is -4.17. The third-order valence-corrected chi connectivity index (χ3v) is 6.44. The molecule has 0 aliphatic rings. The molecule has 3 N–H and O–H groups in total. The van der Waals surface area contributed by atoms with Crippen molar-refractivity contribution in [3.8, 4) is 23.0 Å². The highest BCUT2D eigenvalue weighted by molar-refractivity contribution is 5.83. The molecule has 3 aromatic carbocycles. The van der Waals surface area contributed by atoms with Crippen molar-refractivity contribution < 1.29 is 28.8 Å². The van der Waals surface area contributed by atoms with E-state index >= 15 is 0 Å². The van der Waals surface area contributed by atoms with E-state index < -0.39 is 0 Å². The molecular formula is C30H34N2O6. The second kappa shape index (κ2) is 12.9. The Morgan fingerprint density at radius 3 is 2.34 bits per heavy atom. The molecule has 1 atom stereocenters. The van der Waals surface area contributed by atoms with E-state index in [9.17, 15) is 9.90 Å². The summed E-state index contributed by atoms with van der Waals surface area (Å²) in [7, 11) is 4.71. The van der Waals surface area contributed by atoms with Gasteiger partial charge in [-0.15, -0.1) is 0 Å². The molecule has 0 saturated heterocycles. The average molecular weight is 519 g/mol. The summed E-state index contributed by atoms with van der Waals surface area (Å²) in [5.74, 6) is 2.22. The maximum atomic E-state index is 12.8. The smallest absolute Gasteiger partial charge is 0.220 e. The van der Waals surface area contributed by atoms with Gasteiger partial charge in [0.1, 0.15) is 12.4 Å². The second-order valence-corrected chi connectivity index (χ2v) is 8.94. The molecule has 1 heterocycles. The van der Waals surface area contributed by atoms with Gasteiger partial charge >= 0.3 is 0 Å². The van der Waals surface area contributed by atoms with Crippen molar-refractivity contribution in [1.82, 2.24) is 10.3 Å². The van der Waals surface area contributed by atoms with E-state index in [1.165, 1.54) is 0 Å². The molecule has 200 valence electrons. The number of aliphatic hydroxyl groups is 1. The van der Waals surface area contributed by atoms with Gasteiger partial charge < -0.3 is 34.4 Å². The van der Waals surface area contributed by atoms with Gasteiger partial charge in [0, 0.05) is 23.5 Å². The first-order chi connectivity index (χ1) is 18.6. The average Bonchev–Trinajstić information content (AvgIpc) is 3.36. The van der Waals surface area contributed by atoms with Gasteiger partial charge in [-0.2, -0.15) is 0 Å². The summed E-state index contributed by atoms with van der Waals surface area (Å²) in [5.41, 5.74) is 3.88. The van der Waals surface area contributed by atoms with Crippen LogP contribution >= 0.6 is 0 Å². The van der Waals surface area contributed by atoms with E-state index in [-0.39, 0.29) is 31.6 Å². The van der Waals surface area contributed by atoms with Gasteiger partial charge in [0.25, 0.3) is 0 Å². The summed E-state index contributed by atoms with van der Waals surface area (Å²) >= 11 is 0. The Bertz CT molecular complexity index is 1340. The van der Waals surface area contributed by atoms with Gasteiger partial charge in [-0.05, 0) is 53.8 Å². The molecular weight excluding hydrogens is 484 g/mol. The first-order valence-electron chi connectivity index (χ1n) is 12.5. The molecule has 8 nitrogen and oxygen atoms in total. The van der Waals surface area contributed by atoms with Crippen LogP contribution in [0.4, 0.5) is 0 Å². The minimum Gasteiger partial charge on any atom is -0.493 e. The second-order valence-electron chi connectivity index (χ2n) is 8.94. The molecule has 1 amide bonds. The fraction of sp³-hybridized carbons (Fsp3) is 0.300. The van der Waals surface area contributed by atoms with Crippen molar-refractivity contribution in [3.05, 3.63) is 83.6 Å². The zero-order chi connectivity index (χ0) is 26.9. The number of hydrogen-bond acceptors (Lipinski definition) is 6. The van der Waals surface area contributed by atoms with Gasteiger partial charge in [0.2, 0.25) is 11.7 Å². The molecule has 0 aliphatic heterocycles. The van der Waals surface area contributed by atoms with E-state index in [0.717, 1.165) is 27.6 Å². The number of amides is 1. The lowest BCUT2D eigenvalue weighted by Crippen LogP contribution is -2.39. The van der Waals surface area contributed by atoms with Gasteiger partial charge in [-0.3, -0.25) is 4.79 Å². The quantitative estimate of drug-likeness (QED) is 0.242. The number of rotatable bonds is 13. The number of ether oxygens (including phenoxy) is 4. The zero-order valence-corrected chi connectivity index (χ0v) is 22.0. The summed E-state index contributed by atoms with van der Waals surface area (Å²) in [4.78, 5) is 16.0. The van der Waals surface area contributed by atoms with E-state index in [4.69, 9.17) is 18.9 Å². The molecule has 0 bridgehead atoms. The van der Waals surface area contributed by atoms with Crippen molar-refractivity contribution in [2.24, 2.45) is 0 Å². The first kappa shape index (κ1) is 26.9. The summed E-state index contributed by atoms with van der Waals surface area (Å²) in [6.07, 6.45) is 3.25. The Morgan fingerprint density at radius 2 is 1.63 bits per heavy atom. The van der Waals surface area contributed by atoms with E-state index in [2.05, 4.69) is 10.3 Å². The van der Waals surface area contributed by atoms with Crippen LogP contribution in [-0.2, 0) is 24.2 Å². The fourth-order valence-electron chi connectivity index (χ4n) is 4.51. The SMILES string of the molecule is COc1cc(COc2ccccc2CCC(=O)NC(CO)Cc2c[nH]c3ccccc23)cc(OC)c1OC. The van der Waals surface area contributed by atoms with Crippen LogP contribution in [0.25, 0.3) is 10.9 Å². The van der Waals surface area contributed by atoms with Crippen LogP contribution in [0.15, 0.2) is 66.9 Å². The lowest BCUT2D eigenvalue weighted by atomic mass is 10.0. The van der Waals surface area contributed by atoms with Crippen LogP contribution in [0.5, 0.6) is 23.0 Å². The number of aliphatic hydroxyl groups excluding tert-OH is 1. The van der Waals surface area contributed by atoms with E-state index in [1.807, 2.05) is 66.9 Å². The number of carbonyl (C=O) groups is 1. The number of hydrogen-bond donors (Lipinski definition) is 3. The molecule has 0 fully saturated rings. The maximum Gasteiger partial charge on any atom is 0.220 e. The third kappa shape index (κ3) is 6.39. The van der Waals surface area contributed by atoms with Crippen LogP contribution in [0.3, 0.4) is 0 Å². The number of aromatic nitrogens is 1. The molecule has 1 unspecified atom stereocenters. The number of aromatic amines is 1. The highest BCUT2D eigenvalue weighted by atomic mass is 16.5. The summed E-state index contributed by atoms with van der Waals surface area (Å²) in [6.45, 7) is 0.150. The Labute approximate surface area is 222 Å². The molecule has 4 rings (SSSR count). The van der Waals surface area contributed by atoms with Crippen molar-refractivity contribution in [1.29, 1.82) is 0 Å². The monoisotopic (exact) mass is 518 g/mol. The zero-order valence-electron chi connectivity index (χ0n) is 22.0. The number of nitrogens with one attached hydrogen (secondary N) is 2. The van der Waals surface area contributed by atoms with Crippen LogP contribution in [0.1, 0.15) is 23.1 Å². The highest BCUT2D eigenvalue weighted by Gasteiger charge is 2.16. The lowest BCUT2D eigenvalue weighted by Gasteiger charge is -2.17. The molecule has 1 aromatic heterocycles. The van der Waals surface area contributed by atoms with Gasteiger partial charge in [-0.1, -0.05) is 36.4 Å². The summed E-state index contributed by atoms with van der Waals surface area (Å²) < 4.78 is 22.4. The number of carbonyl (C=O) groups excluding carboxylic acids is 1. The number of H-pyrrole nitrogens is 1. The molecule has 0 spiro atoms. The number of fused-ring (bicyclic) bond motifs is 1. The Balaban J connectivity index is 1.36. The Kier molecular flexibility index (Phi) is 9.11. The van der Waals surface area contributed by atoms with Gasteiger partial charge in [0.05, 0.1) is 34.0 Å². The molecule has 0 radical (unpaired) electrons. The van der Waals surface area contributed by atoms with Crippen LogP contribution in [0.2, 0.25) is 0 Å². The van der Waals surface area contributed by atoms with Crippen molar-refractivity contribution in [2.45, 2.75) is 31.9 Å². The van der Waals surface area contributed by atoms with E-state index in [0.29, 0.717) is 35.8 Å². The van der Waals surface area contributed by atoms with Crippen LogP contribution in [-0.4, -0.2) is 50.0 Å². The predicted molar refractivity (Wildman–Crippen MR) is 146 cm³/mol. The molecule has 0 aliphatic carbocycles. The number of para-hydroxylation sites is 2. The summed E-state index contributed by atoms with van der Waals surface area (Å²) in [5, 5.41) is 14.0. The number of methoxy groups -OCH3 is 3. The van der Waals surface area contributed by atoms with Gasteiger partial charge in [-0.25, -0.2) is 0 Å². The van der Waals surface area contributed by atoms with Crippen molar-refractivity contribution in [3.63, 3.8) is 0 Å². The standard InChI is InChI=1S/C30H34N2O6/c1-35-27-14-20(15-28(36-2)30(27)37-3)19-38-26-11-7-4-8-21(26)12-13-29(34)32-23(18-33)16-22-17-31-25-10-6-5-9-24(22)25/h4-11,14-15,17,23,31,33H,12-13,16,18-19H2,1-3H3,(H,32,34). The molecule has 8 heteroatoms. The third-order valence-electron chi connectivity index (χ3n) is 6.44. The van der Waals surface area contributed by atoms with Crippen molar-refractivity contribution in [2.75, 3.05) is 27.9 Å². The van der Waals surface area contributed by atoms with Crippen LogP contribution < -0.4 is 24.3 Å². The first-order valence-corrected chi connectivity index (χ1v) is 12.5. The largest absolute Gasteiger partial charge is 0.493 e. The number of aryl methyl sites for hydroxylation is 1. The molecule has 38 heavy (non-hydrogen) atoms. The minimum absolute atomic E-state index is 0.122. The molecule has 0 saturated carbocycles. The highest BCUT2D eigenvalue weighted by Crippen LogP contribution is 2.38. The maximum absolute atomic E-state index is 12.8. The molecule has 4 aromatic rings. The van der Waals surface area contributed by atoms with Gasteiger partial charge in [0.15, 0.2) is 11.5 Å². The Morgan fingerprint density at radius 1 is 0.921 bits per heavy atom. The topological polar surface area (TPSA) is 102 Å². The van der Waals surface area contributed by atoms with Crippen molar-refractivity contribution >= 4 is 16.8 Å². The minimum atomic E-state index is -0.367.